The number of nitrogens with zero attached hydrogens (tertiary/aromatic N) is 2. The number of pyridine rings is 2. The van der Waals surface area contributed by atoms with Crippen LogP contribution >= 0.6 is 0 Å². The van der Waals surface area contributed by atoms with Crippen LogP contribution in [0.3, 0.4) is 0 Å². The second-order valence-corrected chi connectivity index (χ2v) is 8.96. The van der Waals surface area contributed by atoms with Crippen LogP contribution in [0.25, 0.3) is 54.5 Å². The first kappa shape index (κ1) is 21.3. The van der Waals surface area contributed by atoms with Gasteiger partial charge in [0, 0.05) is 17.8 Å². The van der Waals surface area contributed by atoms with E-state index in [-0.39, 0.29) is 6.79 Å². The van der Waals surface area contributed by atoms with E-state index >= 15 is 0 Å². The van der Waals surface area contributed by atoms with E-state index in [9.17, 15) is 0 Å². The summed E-state index contributed by atoms with van der Waals surface area (Å²) < 4.78 is 12.2. The van der Waals surface area contributed by atoms with E-state index in [1.165, 1.54) is 10.8 Å². The Labute approximate surface area is 213 Å². The third kappa shape index (κ3) is 3.80. The SMILES string of the molecule is c1cc(OCOc2ccnc3ccc4ccccc4c23)cc(-c2ccnc3ccc4ccccc4c23)c1. The fourth-order valence-electron chi connectivity index (χ4n) is 5.10. The highest BCUT2D eigenvalue weighted by Crippen LogP contribution is 2.35. The zero-order chi connectivity index (χ0) is 24.6. The van der Waals surface area contributed by atoms with Crippen molar-refractivity contribution in [2.75, 3.05) is 6.79 Å². The molecule has 4 heteroatoms. The maximum Gasteiger partial charge on any atom is 0.230 e. The van der Waals surface area contributed by atoms with Crippen LogP contribution in [0.4, 0.5) is 0 Å². The van der Waals surface area contributed by atoms with Gasteiger partial charge in [0.15, 0.2) is 0 Å². The van der Waals surface area contributed by atoms with Crippen LogP contribution in [-0.4, -0.2) is 16.8 Å². The molecule has 0 saturated carbocycles. The molecule has 2 heterocycles. The minimum absolute atomic E-state index is 0.0891. The van der Waals surface area contributed by atoms with E-state index in [1.807, 2.05) is 42.6 Å². The van der Waals surface area contributed by atoms with Crippen LogP contribution in [0.2, 0.25) is 0 Å². The zero-order valence-corrected chi connectivity index (χ0v) is 20.0. The van der Waals surface area contributed by atoms with Crippen LogP contribution in [0.15, 0.2) is 122 Å². The van der Waals surface area contributed by atoms with Crippen molar-refractivity contribution in [1.29, 1.82) is 0 Å². The fourth-order valence-corrected chi connectivity index (χ4v) is 5.10. The van der Waals surface area contributed by atoms with Crippen molar-refractivity contribution >= 4 is 43.4 Å². The Hall–Kier alpha value is -4.96. The lowest BCUT2D eigenvalue weighted by molar-refractivity contribution is 0.121. The second kappa shape index (κ2) is 8.92. The first-order valence-electron chi connectivity index (χ1n) is 12.2. The molecular weight excluding hydrogens is 456 g/mol. The van der Waals surface area contributed by atoms with E-state index in [2.05, 4.69) is 82.8 Å². The maximum atomic E-state index is 6.13. The highest BCUT2D eigenvalue weighted by Gasteiger charge is 2.11. The lowest BCUT2D eigenvalue weighted by atomic mass is 9.96. The van der Waals surface area contributed by atoms with Gasteiger partial charge in [-0.15, -0.1) is 0 Å². The van der Waals surface area contributed by atoms with Crippen molar-refractivity contribution in [2.24, 2.45) is 0 Å². The summed E-state index contributed by atoms with van der Waals surface area (Å²) in [6.07, 6.45) is 3.63. The van der Waals surface area contributed by atoms with Crippen LogP contribution in [0.5, 0.6) is 11.5 Å². The molecule has 0 aliphatic carbocycles. The van der Waals surface area contributed by atoms with E-state index in [0.29, 0.717) is 0 Å². The smallest absolute Gasteiger partial charge is 0.230 e. The highest BCUT2D eigenvalue weighted by molar-refractivity contribution is 6.13. The van der Waals surface area contributed by atoms with E-state index in [0.717, 1.165) is 55.2 Å². The Kier molecular flexibility index (Phi) is 5.14. The Morgan fingerprint density at radius 2 is 1.22 bits per heavy atom. The first-order valence-corrected chi connectivity index (χ1v) is 12.2. The molecule has 176 valence electrons. The van der Waals surface area contributed by atoms with Crippen LogP contribution in [0.1, 0.15) is 0 Å². The molecule has 0 amide bonds. The van der Waals surface area contributed by atoms with Gasteiger partial charge in [0.05, 0.1) is 16.4 Å². The van der Waals surface area contributed by atoms with E-state index in [1.54, 1.807) is 6.20 Å². The first-order chi connectivity index (χ1) is 18.3. The molecule has 0 fully saturated rings. The van der Waals surface area contributed by atoms with Crippen molar-refractivity contribution in [3.05, 3.63) is 122 Å². The molecule has 0 spiro atoms. The van der Waals surface area contributed by atoms with Crippen LogP contribution in [-0.2, 0) is 0 Å². The topological polar surface area (TPSA) is 44.2 Å². The third-order valence-corrected chi connectivity index (χ3v) is 6.81. The molecule has 4 nitrogen and oxygen atoms in total. The standard InChI is InChI=1S/C33H22N2O2/c1-3-10-26-22(6-1)12-14-29-32(26)28(16-18-34-29)24-8-5-9-25(20-24)36-21-37-31-17-19-35-30-15-13-23-7-2-4-11-27(23)33(30)31/h1-20H,21H2. The number of benzene rings is 5. The summed E-state index contributed by atoms with van der Waals surface area (Å²) in [7, 11) is 0. The number of rotatable bonds is 5. The Balaban J connectivity index is 1.20. The Bertz CT molecular complexity index is 1930. The van der Waals surface area contributed by atoms with Crippen molar-refractivity contribution in [3.8, 4) is 22.6 Å². The molecule has 7 aromatic rings. The summed E-state index contributed by atoms with van der Waals surface area (Å²) in [5.41, 5.74) is 4.07. The highest BCUT2D eigenvalue weighted by atomic mass is 16.7. The van der Waals surface area contributed by atoms with Crippen LogP contribution in [0, 0.1) is 0 Å². The summed E-state index contributed by atoms with van der Waals surface area (Å²) in [4.78, 5) is 9.14. The van der Waals surface area contributed by atoms with Gasteiger partial charge in [0.1, 0.15) is 11.5 Å². The van der Waals surface area contributed by atoms with Gasteiger partial charge >= 0.3 is 0 Å². The second-order valence-electron chi connectivity index (χ2n) is 8.96. The summed E-state index contributed by atoms with van der Waals surface area (Å²) in [6, 6.07) is 37.1. The number of fused-ring (bicyclic) bond motifs is 6. The summed E-state index contributed by atoms with van der Waals surface area (Å²) in [5, 5.41) is 6.79. The van der Waals surface area contributed by atoms with Gasteiger partial charge in [0.2, 0.25) is 6.79 Å². The van der Waals surface area contributed by atoms with Crippen molar-refractivity contribution in [3.63, 3.8) is 0 Å². The number of hydrogen-bond acceptors (Lipinski definition) is 4. The fraction of sp³-hybridized carbons (Fsp3) is 0.0303. The molecule has 0 N–H and O–H groups in total. The molecule has 7 rings (SSSR count). The van der Waals surface area contributed by atoms with E-state index < -0.39 is 0 Å². The maximum absolute atomic E-state index is 6.13. The van der Waals surface area contributed by atoms with Gasteiger partial charge in [-0.05, 0) is 69.1 Å². The number of aromatic nitrogens is 2. The quantitative estimate of drug-likeness (QED) is 0.185. The molecule has 0 aliphatic heterocycles. The number of ether oxygens (including phenoxy) is 2. The molecule has 37 heavy (non-hydrogen) atoms. The lowest BCUT2D eigenvalue weighted by Gasteiger charge is -2.13. The van der Waals surface area contributed by atoms with Gasteiger partial charge in [-0.3, -0.25) is 9.97 Å². The van der Waals surface area contributed by atoms with Gasteiger partial charge < -0.3 is 9.47 Å². The van der Waals surface area contributed by atoms with Gasteiger partial charge in [-0.2, -0.15) is 0 Å². The monoisotopic (exact) mass is 478 g/mol. The molecule has 0 aliphatic rings. The molecule has 0 bridgehead atoms. The molecule has 0 unspecified atom stereocenters. The minimum atomic E-state index is 0.0891. The predicted octanol–water partition coefficient (Wildman–Crippen LogP) is 8.17. The van der Waals surface area contributed by atoms with Crippen molar-refractivity contribution in [2.45, 2.75) is 0 Å². The van der Waals surface area contributed by atoms with Gasteiger partial charge in [-0.25, -0.2) is 0 Å². The van der Waals surface area contributed by atoms with Crippen molar-refractivity contribution < 1.29 is 9.47 Å². The molecule has 0 saturated heterocycles. The van der Waals surface area contributed by atoms with Gasteiger partial charge in [0.25, 0.3) is 0 Å². The molecule has 0 atom stereocenters. The molecule has 0 radical (unpaired) electrons. The largest absolute Gasteiger partial charge is 0.457 e. The summed E-state index contributed by atoms with van der Waals surface area (Å²) >= 11 is 0. The molecule has 2 aromatic heterocycles. The third-order valence-electron chi connectivity index (χ3n) is 6.81. The normalized spacial score (nSPS) is 11.4. The zero-order valence-electron chi connectivity index (χ0n) is 20.0. The average Bonchev–Trinajstić information content (AvgIpc) is 2.97. The molecular formula is C33H22N2O2. The predicted molar refractivity (Wildman–Crippen MR) is 150 cm³/mol. The van der Waals surface area contributed by atoms with Crippen LogP contribution < -0.4 is 9.47 Å². The number of hydrogen-bond donors (Lipinski definition) is 0. The molecule has 5 aromatic carbocycles. The average molecular weight is 479 g/mol. The Morgan fingerprint density at radius 3 is 2.00 bits per heavy atom. The summed E-state index contributed by atoms with van der Waals surface area (Å²) in [6.45, 7) is 0.0891. The minimum Gasteiger partial charge on any atom is -0.457 e. The van der Waals surface area contributed by atoms with Crippen molar-refractivity contribution in [1.82, 2.24) is 9.97 Å². The van der Waals surface area contributed by atoms with Gasteiger partial charge in [-0.1, -0.05) is 72.8 Å². The van der Waals surface area contributed by atoms with E-state index in [4.69, 9.17) is 9.47 Å². The summed E-state index contributed by atoms with van der Waals surface area (Å²) in [5.74, 6) is 1.50. The lowest BCUT2D eigenvalue weighted by Crippen LogP contribution is -2.06. The Morgan fingerprint density at radius 1 is 0.541 bits per heavy atom.